The average Bonchev–Trinajstić information content (AvgIpc) is 2.28. The van der Waals surface area contributed by atoms with Crippen molar-refractivity contribution in [3.63, 3.8) is 0 Å². The zero-order valence-electron chi connectivity index (χ0n) is 10.1. The van der Waals surface area contributed by atoms with Crippen molar-refractivity contribution in [1.82, 2.24) is 0 Å². The second-order valence-corrected chi connectivity index (χ2v) is 4.55. The molecule has 1 aliphatic carbocycles. The molecule has 16 heavy (non-hydrogen) atoms. The molecule has 0 aromatic heterocycles. The summed E-state index contributed by atoms with van der Waals surface area (Å²) in [6.45, 7) is 12.3. The molecule has 0 unspecified atom stereocenters. The number of hydrogen-bond acceptors (Lipinski definition) is 0. The molecule has 1 aliphatic rings. The molecule has 0 amide bonds. The van der Waals surface area contributed by atoms with Gasteiger partial charge in [0.1, 0.15) is 0 Å². The molecule has 0 aliphatic heterocycles. The molecular formula is C16H18. The van der Waals surface area contributed by atoms with Crippen molar-refractivity contribution < 1.29 is 0 Å². The van der Waals surface area contributed by atoms with Gasteiger partial charge in [0.05, 0.1) is 0 Å². The predicted octanol–water partition coefficient (Wildman–Crippen LogP) is 4.15. The monoisotopic (exact) mass is 210 g/mol. The molecule has 82 valence electrons. The Morgan fingerprint density at radius 2 is 2.06 bits per heavy atom. The highest BCUT2D eigenvalue weighted by atomic mass is 14.2. The summed E-state index contributed by atoms with van der Waals surface area (Å²) in [4.78, 5) is 0. The Hall–Kier alpha value is -1.56. The van der Waals surface area contributed by atoms with E-state index in [4.69, 9.17) is 0 Å². The molecule has 1 aromatic carbocycles. The fraction of sp³-hybridized carbons (Fsp3) is 0.250. The molecule has 0 saturated heterocycles. The Bertz CT molecular complexity index is 487. The first-order chi connectivity index (χ1) is 7.63. The largest absolute Gasteiger partial charge is 0.0988 e. The maximum Gasteiger partial charge on any atom is -0.00176 e. The van der Waals surface area contributed by atoms with Crippen LogP contribution in [0, 0.1) is 6.92 Å². The first-order valence-corrected chi connectivity index (χ1v) is 5.71. The van der Waals surface area contributed by atoms with Crippen molar-refractivity contribution in [2.24, 2.45) is 0 Å². The van der Waals surface area contributed by atoms with Crippen LogP contribution in [-0.4, -0.2) is 0 Å². The third-order valence-electron chi connectivity index (χ3n) is 3.39. The van der Waals surface area contributed by atoms with Crippen LogP contribution in [0.25, 0.3) is 0 Å². The van der Waals surface area contributed by atoms with Crippen molar-refractivity contribution in [3.05, 3.63) is 70.8 Å². The van der Waals surface area contributed by atoms with Gasteiger partial charge in [0, 0.05) is 0 Å². The normalized spacial score (nSPS) is 14.6. The standard InChI is InChI=1S/C16H18/c1-5-13-9-16-12(4)7-6-8-14(16)10-15(13)11(2)3/h5-8H,1-2,9-10H2,3-4H3. The molecule has 0 heteroatoms. The van der Waals surface area contributed by atoms with Crippen LogP contribution in [0.5, 0.6) is 0 Å². The van der Waals surface area contributed by atoms with Crippen LogP contribution in [0.4, 0.5) is 0 Å². The van der Waals surface area contributed by atoms with Crippen LogP contribution in [-0.2, 0) is 12.8 Å². The Morgan fingerprint density at radius 1 is 1.31 bits per heavy atom. The Balaban J connectivity index is 2.51. The first kappa shape index (κ1) is 10.9. The van der Waals surface area contributed by atoms with E-state index in [2.05, 4.69) is 45.2 Å². The summed E-state index contributed by atoms with van der Waals surface area (Å²) < 4.78 is 0. The Labute approximate surface area is 98.0 Å². The van der Waals surface area contributed by atoms with Gasteiger partial charge in [-0.3, -0.25) is 0 Å². The molecule has 0 bridgehead atoms. The van der Waals surface area contributed by atoms with Gasteiger partial charge in [-0.25, -0.2) is 0 Å². The zero-order chi connectivity index (χ0) is 11.7. The second-order valence-electron chi connectivity index (χ2n) is 4.55. The van der Waals surface area contributed by atoms with E-state index in [9.17, 15) is 0 Å². The molecular weight excluding hydrogens is 192 g/mol. The van der Waals surface area contributed by atoms with Crippen LogP contribution in [0.2, 0.25) is 0 Å². The number of aryl methyl sites for hydroxylation is 1. The molecule has 0 radical (unpaired) electrons. The van der Waals surface area contributed by atoms with E-state index in [0.29, 0.717) is 0 Å². The number of rotatable bonds is 2. The van der Waals surface area contributed by atoms with Crippen LogP contribution in [0.3, 0.4) is 0 Å². The molecule has 1 aromatic rings. The van der Waals surface area contributed by atoms with Crippen molar-refractivity contribution in [2.75, 3.05) is 0 Å². The molecule has 0 heterocycles. The third kappa shape index (κ3) is 1.76. The van der Waals surface area contributed by atoms with E-state index in [0.717, 1.165) is 12.8 Å². The summed E-state index contributed by atoms with van der Waals surface area (Å²) in [6.07, 6.45) is 4.00. The van der Waals surface area contributed by atoms with E-state index >= 15 is 0 Å². The molecule has 0 fully saturated rings. The lowest BCUT2D eigenvalue weighted by Gasteiger charge is -2.23. The number of benzene rings is 1. The molecule has 0 spiro atoms. The lowest BCUT2D eigenvalue weighted by molar-refractivity contribution is 0.974. The number of allylic oxidation sites excluding steroid dienone is 4. The van der Waals surface area contributed by atoms with Gasteiger partial charge in [-0.1, -0.05) is 43.0 Å². The van der Waals surface area contributed by atoms with Gasteiger partial charge in [0.2, 0.25) is 0 Å². The summed E-state index contributed by atoms with van der Waals surface area (Å²) in [7, 11) is 0. The van der Waals surface area contributed by atoms with Gasteiger partial charge >= 0.3 is 0 Å². The lowest BCUT2D eigenvalue weighted by atomic mass is 9.82. The minimum absolute atomic E-state index is 1.01. The summed E-state index contributed by atoms with van der Waals surface area (Å²) >= 11 is 0. The predicted molar refractivity (Wildman–Crippen MR) is 70.6 cm³/mol. The lowest BCUT2D eigenvalue weighted by Crippen LogP contribution is -2.10. The molecule has 0 atom stereocenters. The van der Waals surface area contributed by atoms with Gasteiger partial charge in [0.15, 0.2) is 0 Å². The van der Waals surface area contributed by atoms with Gasteiger partial charge < -0.3 is 0 Å². The first-order valence-electron chi connectivity index (χ1n) is 5.71. The SMILES string of the molecule is C=CC1=C(C(=C)C)Cc2cccc(C)c2C1. The Kier molecular flexibility index (Phi) is 2.82. The highest BCUT2D eigenvalue weighted by molar-refractivity contribution is 5.51. The fourth-order valence-electron chi connectivity index (χ4n) is 2.40. The minimum Gasteiger partial charge on any atom is -0.0988 e. The van der Waals surface area contributed by atoms with Crippen LogP contribution >= 0.6 is 0 Å². The van der Waals surface area contributed by atoms with E-state index in [1.807, 2.05) is 6.08 Å². The van der Waals surface area contributed by atoms with Gasteiger partial charge in [0.25, 0.3) is 0 Å². The van der Waals surface area contributed by atoms with E-state index in [1.54, 1.807) is 0 Å². The van der Waals surface area contributed by atoms with Crippen LogP contribution < -0.4 is 0 Å². The minimum atomic E-state index is 1.01. The molecule has 0 nitrogen and oxygen atoms in total. The topological polar surface area (TPSA) is 0 Å². The van der Waals surface area contributed by atoms with Crippen molar-refractivity contribution in [3.8, 4) is 0 Å². The smallest absolute Gasteiger partial charge is 0.00176 e. The van der Waals surface area contributed by atoms with Crippen LogP contribution in [0.15, 0.2) is 54.2 Å². The summed E-state index contributed by atoms with van der Waals surface area (Å²) in [5, 5.41) is 0. The van der Waals surface area contributed by atoms with Crippen molar-refractivity contribution >= 4 is 0 Å². The summed E-state index contributed by atoms with van der Waals surface area (Å²) in [6, 6.07) is 6.56. The summed E-state index contributed by atoms with van der Waals surface area (Å²) in [5.74, 6) is 0. The third-order valence-corrected chi connectivity index (χ3v) is 3.39. The highest BCUT2D eigenvalue weighted by Gasteiger charge is 2.17. The average molecular weight is 210 g/mol. The van der Waals surface area contributed by atoms with E-state index < -0.39 is 0 Å². The zero-order valence-corrected chi connectivity index (χ0v) is 10.1. The van der Waals surface area contributed by atoms with E-state index in [1.165, 1.54) is 33.4 Å². The van der Waals surface area contributed by atoms with Gasteiger partial charge in [-0.05, 0) is 54.5 Å². The molecule has 0 N–H and O–H groups in total. The van der Waals surface area contributed by atoms with E-state index in [-0.39, 0.29) is 0 Å². The molecule has 2 rings (SSSR count). The number of hydrogen-bond donors (Lipinski definition) is 0. The van der Waals surface area contributed by atoms with Gasteiger partial charge in [-0.2, -0.15) is 0 Å². The van der Waals surface area contributed by atoms with Crippen molar-refractivity contribution in [2.45, 2.75) is 26.7 Å². The second kappa shape index (κ2) is 4.13. The number of fused-ring (bicyclic) bond motifs is 1. The molecule has 0 saturated carbocycles. The maximum atomic E-state index is 4.07. The van der Waals surface area contributed by atoms with Gasteiger partial charge in [-0.15, -0.1) is 0 Å². The van der Waals surface area contributed by atoms with Crippen molar-refractivity contribution in [1.29, 1.82) is 0 Å². The quantitative estimate of drug-likeness (QED) is 0.687. The summed E-state index contributed by atoms with van der Waals surface area (Å²) in [5.41, 5.74) is 8.19. The van der Waals surface area contributed by atoms with Crippen LogP contribution in [0.1, 0.15) is 23.6 Å². The highest BCUT2D eigenvalue weighted by Crippen LogP contribution is 2.31. The fourth-order valence-corrected chi connectivity index (χ4v) is 2.40. The maximum absolute atomic E-state index is 4.07. The Morgan fingerprint density at radius 3 is 2.69 bits per heavy atom.